The maximum Gasteiger partial charge on any atom is 0.155 e. The lowest BCUT2D eigenvalue weighted by molar-refractivity contribution is 0.242. The minimum Gasteiger partial charge on any atom is -0.491 e. The summed E-state index contributed by atoms with van der Waals surface area (Å²) in [7, 11) is 0. The van der Waals surface area contributed by atoms with E-state index in [1.807, 2.05) is 79.2 Å². The Hall–Kier alpha value is -3.18. The van der Waals surface area contributed by atoms with Crippen LogP contribution in [0.25, 0.3) is 28.2 Å². The molecule has 2 aromatic carbocycles. The fraction of sp³-hybridized carbons (Fsp3) is 0.182. The first kappa shape index (κ1) is 17.2. The van der Waals surface area contributed by atoms with Crippen LogP contribution in [0.2, 0.25) is 0 Å². The summed E-state index contributed by atoms with van der Waals surface area (Å²) >= 11 is 0. The average Bonchev–Trinajstić information content (AvgIpc) is 3.11. The number of fused-ring (bicyclic) bond motifs is 1. The van der Waals surface area contributed by atoms with E-state index in [1.165, 1.54) is 0 Å². The molecular formula is C22H21N3O2. The second kappa shape index (κ2) is 7.21. The molecule has 27 heavy (non-hydrogen) atoms. The van der Waals surface area contributed by atoms with Crippen molar-refractivity contribution >= 4 is 5.65 Å². The molecule has 4 rings (SSSR count). The number of imidazole rings is 1. The number of aliphatic hydroxyl groups excluding tert-OH is 1. The summed E-state index contributed by atoms with van der Waals surface area (Å²) in [6, 6.07) is 15.8. The van der Waals surface area contributed by atoms with Gasteiger partial charge >= 0.3 is 0 Å². The first-order chi connectivity index (χ1) is 13.1. The van der Waals surface area contributed by atoms with Gasteiger partial charge in [0.25, 0.3) is 0 Å². The molecule has 4 aromatic rings. The number of hydrogen-bond acceptors (Lipinski definition) is 4. The molecule has 0 aliphatic heterocycles. The normalized spacial score (nSPS) is 11.3. The first-order valence-electron chi connectivity index (χ1n) is 8.94. The van der Waals surface area contributed by atoms with E-state index in [2.05, 4.69) is 9.97 Å². The van der Waals surface area contributed by atoms with Gasteiger partial charge in [-0.15, -0.1) is 0 Å². The van der Waals surface area contributed by atoms with Gasteiger partial charge < -0.3 is 9.84 Å². The van der Waals surface area contributed by atoms with Gasteiger partial charge in [0.15, 0.2) is 5.65 Å². The molecule has 0 atom stereocenters. The molecule has 0 saturated heterocycles. The summed E-state index contributed by atoms with van der Waals surface area (Å²) in [4.78, 5) is 9.02. The average molecular weight is 359 g/mol. The van der Waals surface area contributed by atoms with Crippen LogP contribution in [0.4, 0.5) is 0 Å². The number of benzene rings is 2. The van der Waals surface area contributed by atoms with Crippen LogP contribution >= 0.6 is 0 Å². The predicted octanol–water partition coefficient (Wildman–Crippen LogP) is 4.34. The van der Waals surface area contributed by atoms with Crippen LogP contribution in [-0.2, 0) is 6.61 Å². The highest BCUT2D eigenvalue weighted by Crippen LogP contribution is 2.26. The molecule has 0 saturated carbocycles. The molecule has 1 N–H and O–H groups in total. The van der Waals surface area contributed by atoms with Gasteiger partial charge in [0.2, 0.25) is 0 Å². The summed E-state index contributed by atoms with van der Waals surface area (Å²) in [6.07, 6.45) is 5.73. The van der Waals surface area contributed by atoms with Crippen molar-refractivity contribution in [3.05, 3.63) is 72.7 Å². The molecule has 136 valence electrons. The second-order valence-electron chi connectivity index (χ2n) is 6.69. The van der Waals surface area contributed by atoms with Crippen molar-refractivity contribution in [3.63, 3.8) is 0 Å². The molecule has 0 spiro atoms. The van der Waals surface area contributed by atoms with Crippen molar-refractivity contribution in [2.45, 2.75) is 26.6 Å². The Labute approximate surface area is 157 Å². The van der Waals surface area contributed by atoms with Crippen LogP contribution in [0, 0.1) is 0 Å². The molecule has 2 heterocycles. The predicted molar refractivity (Wildman–Crippen MR) is 106 cm³/mol. The van der Waals surface area contributed by atoms with E-state index in [-0.39, 0.29) is 12.7 Å². The van der Waals surface area contributed by atoms with E-state index < -0.39 is 0 Å². The van der Waals surface area contributed by atoms with Crippen molar-refractivity contribution in [1.82, 2.24) is 14.4 Å². The Morgan fingerprint density at radius 1 is 1.00 bits per heavy atom. The highest BCUT2D eigenvalue weighted by atomic mass is 16.5. The lowest BCUT2D eigenvalue weighted by Crippen LogP contribution is -2.05. The maximum absolute atomic E-state index is 9.23. The van der Waals surface area contributed by atoms with Crippen LogP contribution in [0.15, 0.2) is 67.1 Å². The molecule has 0 bridgehead atoms. The second-order valence-corrected chi connectivity index (χ2v) is 6.69. The number of hydrogen-bond donors (Lipinski definition) is 1. The minimum absolute atomic E-state index is 0.0380. The Balaban J connectivity index is 1.75. The third-order valence-corrected chi connectivity index (χ3v) is 4.33. The van der Waals surface area contributed by atoms with Crippen LogP contribution in [0.1, 0.15) is 19.4 Å². The van der Waals surface area contributed by atoms with E-state index in [1.54, 1.807) is 6.20 Å². The first-order valence-corrected chi connectivity index (χ1v) is 8.94. The van der Waals surface area contributed by atoms with Gasteiger partial charge in [0.05, 0.1) is 36.5 Å². The van der Waals surface area contributed by atoms with Gasteiger partial charge in [0, 0.05) is 17.3 Å². The van der Waals surface area contributed by atoms with Gasteiger partial charge in [-0.05, 0) is 31.5 Å². The molecule has 0 amide bonds. The number of nitrogens with zero attached hydrogens (tertiary/aromatic N) is 3. The highest BCUT2D eigenvalue weighted by molar-refractivity contribution is 5.67. The highest BCUT2D eigenvalue weighted by Gasteiger charge is 2.09. The molecule has 0 fully saturated rings. The quantitative estimate of drug-likeness (QED) is 0.576. The van der Waals surface area contributed by atoms with E-state index in [9.17, 15) is 5.11 Å². The van der Waals surface area contributed by atoms with E-state index in [0.29, 0.717) is 0 Å². The van der Waals surface area contributed by atoms with Crippen LogP contribution in [0.5, 0.6) is 5.75 Å². The lowest BCUT2D eigenvalue weighted by atomic mass is 10.1. The number of ether oxygens (including phenoxy) is 1. The monoisotopic (exact) mass is 359 g/mol. The Bertz CT molecular complexity index is 1070. The Kier molecular flexibility index (Phi) is 4.60. The summed E-state index contributed by atoms with van der Waals surface area (Å²) in [5.41, 5.74) is 5.53. The van der Waals surface area contributed by atoms with Gasteiger partial charge in [0.1, 0.15) is 5.75 Å². The zero-order valence-corrected chi connectivity index (χ0v) is 15.3. The van der Waals surface area contributed by atoms with Crippen molar-refractivity contribution in [2.24, 2.45) is 0 Å². The number of aromatic nitrogens is 3. The Morgan fingerprint density at radius 3 is 2.56 bits per heavy atom. The molecule has 2 aromatic heterocycles. The fourth-order valence-electron chi connectivity index (χ4n) is 3.03. The van der Waals surface area contributed by atoms with Crippen LogP contribution < -0.4 is 4.74 Å². The zero-order valence-electron chi connectivity index (χ0n) is 15.3. The smallest absolute Gasteiger partial charge is 0.155 e. The zero-order chi connectivity index (χ0) is 18.8. The van der Waals surface area contributed by atoms with E-state index in [0.717, 1.165) is 39.5 Å². The molecular weight excluding hydrogens is 338 g/mol. The summed E-state index contributed by atoms with van der Waals surface area (Å²) in [6.45, 7) is 4.06. The van der Waals surface area contributed by atoms with E-state index >= 15 is 0 Å². The van der Waals surface area contributed by atoms with Crippen molar-refractivity contribution in [1.29, 1.82) is 0 Å². The Morgan fingerprint density at radius 2 is 1.81 bits per heavy atom. The fourth-order valence-corrected chi connectivity index (χ4v) is 3.03. The topological polar surface area (TPSA) is 59.7 Å². The van der Waals surface area contributed by atoms with Crippen molar-refractivity contribution < 1.29 is 9.84 Å². The molecule has 0 radical (unpaired) electrons. The summed E-state index contributed by atoms with van der Waals surface area (Å²) in [5, 5.41) is 9.23. The molecule has 5 heteroatoms. The van der Waals surface area contributed by atoms with E-state index in [4.69, 9.17) is 4.74 Å². The van der Waals surface area contributed by atoms with Crippen molar-refractivity contribution in [3.8, 4) is 28.3 Å². The number of rotatable bonds is 5. The largest absolute Gasteiger partial charge is 0.491 e. The summed E-state index contributed by atoms with van der Waals surface area (Å²) in [5.74, 6) is 0.829. The van der Waals surface area contributed by atoms with Crippen LogP contribution in [-0.4, -0.2) is 25.6 Å². The molecule has 0 aliphatic rings. The van der Waals surface area contributed by atoms with Gasteiger partial charge in [-0.25, -0.2) is 4.98 Å². The lowest BCUT2D eigenvalue weighted by Gasteiger charge is -2.11. The van der Waals surface area contributed by atoms with Crippen molar-refractivity contribution in [2.75, 3.05) is 0 Å². The van der Waals surface area contributed by atoms with Crippen LogP contribution in [0.3, 0.4) is 0 Å². The third kappa shape index (κ3) is 3.55. The molecule has 0 aliphatic carbocycles. The summed E-state index contributed by atoms with van der Waals surface area (Å²) < 4.78 is 7.83. The number of aliphatic hydroxyl groups is 1. The molecule has 0 unspecified atom stereocenters. The van der Waals surface area contributed by atoms with Gasteiger partial charge in [-0.2, -0.15) is 0 Å². The maximum atomic E-state index is 9.23. The SMILES string of the molecule is CC(C)Oc1cccc(-c2cn3c(-c4ccc(CO)cc4)cnc3cn2)c1. The third-order valence-electron chi connectivity index (χ3n) is 4.33. The molecule has 5 nitrogen and oxygen atoms in total. The minimum atomic E-state index is 0.0380. The van der Waals surface area contributed by atoms with Gasteiger partial charge in [-0.3, -0.25) is 9.38 Å². The van der Waals surface area contributed by atoms with Gasteiger partial charge in [-0.1, -0.05) is 36.4 Å². The standard InChI is InChI=1S/C22H21N3O2/c1-15(2)27-19-5-3-4-18(10-19)20-13-25-21(11-24-22(25)12-23-20)17-8-6-16(14-26)7-9-17/h3-13,15,26H,14H2,1-2H3.